The van der Waals surface area contributed by atoms with Crippen LogP contribution in [0.5, 0.6) is 0 Å². The van der Waals surface area contributed by atoms with Crippen LogP contribution in [-0.4, -0.2) is 36.2 Å². The van der Waals surface area contributed by atoms with Crippen LogP contribution in [0.3, 0.4) is 0 Å². The van der Waals surface area contributed by atoms with Crippen LogP contribution in [0, 0.1) is 0 Å². The molecule has 1 aliphatic heterocycles. The molecule has 14 heavy (non-hydrogen) atoms. The van der Waals surface area contributed by atoms with Crippen molar-refractivity contribution in [2.45, 2.75) is 25.3 Å². The lowest BCUT2D eigenvalue weighted by Gasteiger charge is -2.13. The van der Waals surface area contributed by atoms with E-state index in [9.17, 15) is 9.59 Å². The van der Waals surface area contributed by atoms with Gasteiger partial charge in [0, 0.05) is 31.8 Å². The highest BCUT2D eigenvalue weighted by Crippen LogP contribution is 2.16. The van der Waals surface area contributed by atoms with Gasteiger partial charge in [-0.2, -0.15) is 0 Å². The molecule has 0 aromatic carbocycles. The molecule has 0 aromatic heterocycles. The van der Waals surface area contributed by atoms with Crippen LogP contribution < -0.4 is 5.32 Å². The molecule has 1 atom stereocenters. The van der Waals surface area contributed by atoms with Crippen LogP contribution in [-0.2, 0) is 9.59 Å². The lowest BCUT2D eigenvalue weighted by Crippen LogP contribution is -2.36. The van der Waals surface area contributed by atoms with E-state index in [0.29, 0.717) is 6.42 Å². The summed E-state index contributed by atoms with van der Waals surface area (Å²) < 4.78 is 0. The second-order valence-electron chi connectivity index (χ2n) is 3.88. The fourth-order valence-corrected chi connectivity index (χ4v) is 1.89. The van der Waals surface area contributed by atoms with Gasteiger partial charge in [0.15, 0.2) is 5.78 Å². The van der Waals surface area contributed by atoms with E-state index in [2.05, 4.69) is 5.32 Å². The Kier molecular flexibility index (Phi) is 2.27. The smallest absolute Gasteiger partial charge is 0.244 e. The predicted molar refractivity (Wildman–Crippen MR) is 51.5 cm³/mol. The Bertz CT molecular complexity index is 309. The van der Waals surface area contributed by atoms with Crippen molar-refractivity contribution >= 4 is 11.7 Å². The number of nitrogens with one attached hydrogen (secondary N) is 1. The average Bonchev–Trinajstić information content (AvgIpc) is 2.67. The second kappa shape index (κ2) is 3.44. The molecule has 2 aliphatic rings. The summed E-state index contributed by atoms with van der Waals surface area (Å²) in [5, 5.41) is 3.14. The molecule has 1 N–H and O–H groups in total. The number of likely N-dealkylation sites (N-methyl/N-ethyl adjacent to an activating group) is 1. The van der Waals surface area contributed by atoms with Gasteiger partial charge in [0.1, 0.15) is 6.04 Å². The van der Waals surface area contributed by atoms with Gasteiger partial charge in [-0.1, -0.05) is 0 Å². The van der Waals surface area contributed by atoms with Gasteiger partial charge in [-0.05, 0) is 12.8 Å². The van der Waals surface area contributed by atoms with E-state index < -0.39 is 0 Å². The standard InChI is InChI=1S/C10H14N2O2/c1-12-5-4-9(10(12)14)11-7-2-3-8(13)6-7/h6,9,11H,2-5H2,1H3. The van der Waals surface area contributed by atoms with E-state index in [0.717, 1.165) is 25.1 Å². The summed E-state index contributed by atoms with van der Waals surface area (Å²) in [6.45, 7) is 0.803. The van der Waals surface area contributed by atoms with Gasteiger partial charge in [0.25, 0.3) is 0 Å². The number of allylic oxidation sites excluding steroid dienone is 2. The number of hydrogen-bond donors (Lipinski definition) is 1. The molecule has 1 amide bonds. The van der Waals surface area contributed by atoms with E-state index in [1.807, 2.05) is 0 Å². The van der Waals surface area contributed by atoms with Crippen LogP contribution in [0.15, 0.2) is 11.8 Å². The highest BCUT2D eigenvalue weighted by atomic mass is 16.2. The molecule has 1 fully saturated rings. The number of likely N-dealkylation sites (tertiary alicyclic amines) is 1. The summed E-state index contributed by atoms with van der Waals surface area (Å²) >= 11 is 0. The molecule has 0 saturated carbocycles. The van der Waals surface area contributed by atoms with Crippen LogP contribution in [0.4, 0.5) is 0 Å². The molecule has 1 saturated heterocycles. The van der Waals surface area contributed by atoms with Gasteiger partial charge in [-0.3, -0.25) is 9.59 Å². The highest BCUT2D eigenvalue weighted by molar-refractivity contribution is 5.93. The predicted octanol–water partition coefficient (Wildman–Crippen LogP) is 0.0535. The first-order valence-electron chi connectivity index (χ1n) is 4.92. The molecular formula is C10H14N2O2. The van der Waals surface area contributed by atoms with Crippen molar-refractivity contribution < 1.29 is 9.59 Å². The largest absolute Gasteiger partial charge is 0.377 e. The zero-order valence-electron chi connectivity index (χ0n) is 8.25. The molecule has 4 heteroatoms. The summed E-state index contributed by atoms with van der Waals surface area (Å²) in [7, 11) is 1.80. The molecule has 0 spiro atoms. The van der Waals surface area contributed by atoms with Gasteiger partial charge in [0.05, 0.1) is 0 Å². The van der Waals surface area contributed by atoms with Crippen molar-refractivity contribution in [1.29, 1.82) is 0 Å². The lowest BCUT2D eigenvalue weighted by molar-refractivity contribution is -0.128. The summed E-state index contributed by atoms with van der Waals surface area (Å²) in [6, 6.07) is -0.114. The fraction of sp³-hybridized carbons (Fsp3) is 0.600. The monoisotopic (exact) mass is 194 g/mol. The van der Waals surface area contributed by atoms with E-state index in [1.54, 1.807) is 18.0 Å². The van der Waals surface area contributed by atoms with E-state index >= 15 is 0 Å². The third-order valence-electron chi connectivity index (χ3n) is 2.76. The van der Waals surface area contributed by atoms with E-state index in [-0.39, 0.29) is 17.7 Å². The van der Waals surface area contributed by atoms with Gasteiger partial charge in [-0.25, -0.2) is 0 Å². The number of ketones is 1. The first-order chi connectivity index (χ1) is 6.66. The van der Waals surface area contributed by atoms with E-state index in [4.69, 9.17) is 0 Å². The van der Waals surface area contributed by atoms with Crippen molar-refractivity contribution in [3.05, 3.63) is 11.8 Å². The molecular weight excluding hydrogens is 180 g/mol. The van der Waals surface area contributed by atoms with Crippen molar-refractivity contribution in [1.82, 2.24) is 10.2 Å². The maximum atomic E-state index is 11.5. The minimum atomic E-state index is -0.114. The van der Waals surface area contributed by atoms with Crippen molar-refractivity contribution in [3.63, 3.8) is 0 Å². The number of amides is 1. The minimum absolute atomic E-state index is 0.114. The topological polar surface area (TPSA) is 49.4 Å². The number of hydrogen-bond acceptors (Lipinski definition) is 3. The molecule has 0 bridgehead atoms. The zero-order valence-corrected chi connectivity index (χ0v) is 8.25. The van der Waals surface area contributed by atoms with Crippen LogP contribution in [0.1, 0.15) is 19.3 Å². The van der Waals surface area contributed by atoms with Gasteiger partial charge in [0.2, 0.25) is 5.91 Å². The summed E-state index contributed by atoms with van der Waals surface area (Å²) in [5.41, 5.74) is 0.920. The fourth-order valence-electron chi connectivity index (χ4n) is 1.89. The van der Waals surface area contributed by atoms with Crippen molar-refractivity contribution in [3.8, 4) is 0 Å². The molecule has 1 unspecified atom stereocenters. The molecule has 4 nitrogen and oxygen atoms in total. The normalized spacial score (nSPS) is 27.1. The number of rotatable bonds is 2. The Morgan fingerprint density at radius 2 is 2.21 bits per heavy atom. The van der Waals surface area contributed by atoms with Crippen molar-refractivity contribution in [2.75, 3.05) is 13.6 Å². The van der Waals surface area contributed by atoms with Gasteiger partial charge >= 0.3 is 0 Å². The SMILES string of the molecule is CN1CCC(NC2=CC(=O)CC2)C1=O. The number of nitrogens with zero attached hydrogens (tertiary/aromatic N) is 1. The van der Waals surface area contributed by atoms with Gasteiger partial charge in [-0.15, -0.1) is 0 Å². The Morgan fingerprint density at radius 3 is 2.71 bits per heavy atom. The molecule has 1 aliphatic carbocycles. The maximum Gasteiger partial charge on any atom is 0.244 e. The molecule has 2 rings (SSSR count). The lowest BCUT2D eigenvalue weighted by atomic mass is 10.2. The first kappa shape index (κ1) is 9.24. The van der Waals surface area contributed by atoms with Crippen LogP contribution >= 0.6 is 0 Å². The third kappa shape index (κ3) is 1.64. The van der Waals surface area contributed by atoms with Crippen LogP contribution in [0.2, 0.25) is 0 Å². The van der Waals surface area contributed by atoms with Crippen LogP contribution in [0.25, 0.3) is 0 Å². The third-order valence-corrected chi connectivity index (χ3v) is 2.76. The average molecular weight is 194 g/mol. The molecule has 0 radical (unpaired) electrons. The zero-order chi connectivity index (χ0) is 10.1. The number of carbonyl (C=O) groups is 2. The second-order valence-corrected chi connectivity index (χ2v) is 3.88. The maximum absolute atomic E-state index is 11.5. The minimum Gasteiger partial charge on any atom is -0.377 e. The Balaban J connectivity index is 1.95. The van der Waals surface area contributed by atoms with Gasteiger partial charge < -0.3 is 10.2 Å². The summed E-state index contributed by atoms with van der Waals surface area (Å²) in [5.74, 6) is 0.288. The molecule has 76 valence electrons. The highest BCUT2D eigenvalue weighted by Gasteiger charge is 2.29. The Hall–Kier alpha value is -1.32. The van der Waals surface area contributed by atoms with E-state index in [1.165, 1.54) is 0 Å². The Labute approximate surface area is 83.0 Å². The Morgan fingerprint density at radius 1 is 1.43 bits per heavy atom. The van der Waals surface area contributed by atoms with Crippen molar-refractivity contribution in [2.24, 2.45) is 0 Å². The summed E-state index contributed by atoms with van der Waals surface area (Å²) in [4.78, 5) is 24.2. The molecule has 1 heterocycles. The first-order valence-corrected chi connectivity index (χ1v) is 4.92. The quantitative estimate of drug-likeness (QED) is 0.676. The number of carbonyl (C=O) groups excluding carboxylic acids is 2. The summed E-state index contributed by atoms with van der Waals surface area (Å²) in [6.07, 6.45) is 3.79. The molecule has 0 aromatic rings.